The third-order valence-electron chi connectivity index (χ3n) is 4.24. The van der Waals surface area contributed by atoms with Crippen molar-refractivity contribution in [1.82, 2.24) is 9.78 Å². The molecule has 0 saturated heterocycles. The molecule has 0 aromatic carbocycles. The van der Waals surface area contributed by atoms with Crippen LogP contribution in [0.3, 0.4) is 0 Å². The van der Waals surface area contributed by atoms with Crippen molar-refractivity contribution < 1.29 is 9.53 Å². The summed E-state index contributed by atoms with van der Waals surface area (Å²) in [4.78, 5) is 12.9. The van der Waals surface area contributed by atoms with Crippen molar-refractivity contribution in [2.24, 2.45) is 5.41 Å². The number of aromatic nitrogens is 2. The lowest BCUT2D eigenvalue weighted by Crippen LogP contribution is -2.30. The van der Waals surface area contributed by atoms with Crippen molar-refractivity contribution in [2.75, 3.05) is 13.7 Å². The Kier molecular flexibility index (Phi) is 4.63. The molecular weight excluding hydrogens is 264 g/mol. The third kappa shape index (κ3) is 2.70. The molecule has 0 N–H and O–H groups in total. The normalized spacial score (nSPS) is 17.8. The van der Waals surface area contributed by atoms with Gasteiger partial charge in [0, 0.05) is 12.5 Å². The molecule has 1 heterocycles. The quantitative estimate of drug-likeness (QED) is 0.753. The van der Waals surface area contributed by atoms with E-state index in [9.17, 15) is 4.79 Å². The first-order chi connectivity index (χ1) is 9.14. The summed E-state index contributed by atoms with van der Waals surface area (Å²) < 4.78 is 6.74. The van der Waals surface area contributed by atoms with Gasteiger partial charge >= 0.3 is 0 Å². The van der Waals surface area contributed by atoms with Gasteiger partial charge in [-0.3, -0.25) is 9.48 Å². The molecule has 1 aliphatic carbocycles. The van der Waals surface area contributed by atoms with Gasteiger partial charge in [-0.15, -0.1) is 0 Å². The van der Waals surface area contributed by atoms with Crippen LogP contribution in [0.25, 0.3) is 0 Å². The minimum absolute atomic E-state index is 0.158. The summed E-state index contributed by atoms with van der Waals surface area (Å²) in [6.45, 7) is 3.18. The maximum atomic E-state index is 12.9. The molecule has 0 radical (unpaired) electrons. The van der Waals surface area contributed by atoms with Crippen molar-refractivity contribution >= 4 is 17.4 Å². The number of carbonyl (C=O) groups is 1. The summed E-state index contributed by atoms with van der Waals surface area (Å²) in [5, 5.41) is 4.65. The molecule has 0 unspecified atom stereocenters. The number of hydrogen-bond acceptors (Lipinski definition) is 3. The summed E-state index contributed by atoms with van der Waals surface area (Å²) in [7, 11) is 1.64. The van der Waals surface area contributed by atoms with E-state index in [0.29, 0.717) is 23.9 Å². The van der Waals surface area contributed by atoms with Gasteiger partial charge in [0.2, 0.25) is 0 Å². The first kappa shape index (κ1) is 14.5. The zero-order valence-electron chi connectivity index (χ0n) is 11.6. The SMILES string of the molecule is CCC1(C(=O)c2c(Cl)cnn2CCOC)CCCC1. The number of hydrogen-bond donors (Lipinski definition) is 0. The smallest absolute Gasteiger partial charge is 0.188 e. The van der Waals surface area contributed by atoms with Gasteiger partial charge in [0.05, 0.1) is 24.4 Å². The maximum absolute atomic E-state index is 12.9. The van der Waals surface area contributed by atoms with Crippen LogP contribution in [0.1, 0.15) is 49.5 Å². The second-order valence-corrected chi connectivity index (χ2v) is 5.63. The van der Waals surface area contributed by atoms with E-state index in [0.717, 1.165) is 32.1 Å². The molecule has 0 spiro atoms. The van der Waals surface area contributed by atoms with Gasteiger partial charge in [0.15, 0.2) is 5.78 Å². The molecular formula is C14H21ClN2O2. The summed E-state index contributed by atoms with van der Waals surface area (Å²) in [6, 6.07) is 0. The van der Waals surface area contributed by atoms with E-state index in [-0.39, 0.29) is 11.2 Å². The molecule has 0 bridgehead atoms. The average Bonchev–Trinajstić information content (AvgIpc) is 3.03. The summed E-state index contributed by atoms with van der Waals surface area (Å²) in [5.41, 5.74) is 0.330. The van der Waals surface area contributed by atoms with Gasteiger partial charge in [-0.05, 0) is 19.3 Å². The topological polar surface area (TPSA) is 44.1 Å². The largest absolute Gasteiger partial charge is 0.383 e. The number of ketones is 1. The molecule has 4 nitrogen and oxygen atoms in total. The highest BCUT2D eigenvalue weighted by atomic mass is 35.5. The van der Waals surface area contributed by atoms with Crippen molar-refractivity contribution in [3.8, 4) is 0 Å². The highest BCUT2D eigenvalue weighted by Crippen LogP contribution is 2.44. The summed E-state index contributed by atoms with van der Waals surface area (Å²) in [6.07, 6.45) is 6.62. The van der Waals surface area contributed by atoms with Crippen molar-refractivity contribution in [3.63, 3.8) is 0 Å². The molecule has 0 aliphatic heterocycles. The zero-order chi connectivity index (χ0) is 13.9. The molecule has 106 valence electrons. The minimum Gasteiger partial charge on any atom is -0.383 e. The van der Waals surface area contributed by atoms with Crippen molar-refractivity contribution in [1.29, 1.82) is 0 Å². The Morgan fingerprint density at radius 1 is 1.53 bits per heavy atom. The second-order valence-electron chi connectivity index (χ2n) is 5.23. The fraction of sp³-hybridized carbons (Fsp3) is 0.714. The Labute approximate surface area is 119 Å². The predicted octanol–water partition coefficient (Wildman–Crippen LogP) is 3.34. The highest BCUT2D eigenvalue weighted by molar-refractivity contribution is 6.33. The Balaban J connectivity index is 2.29. The summed E-state index contributed by atoms with van der Waals surface area (Å²) in [5.74, 6) is 0.158. The predicted molar refractivity (Wildman–Crippen MR) is 74.6 cm³/mol. The number of Topliss-reactive ketones (excluding diaryl/α,β-unsaturated/α-hetero) is 1. The minimum atomic E-state index is -0.228. The van der Waals surface area contributed by atoms with Crippen LogP contribution in [0.4, 0.5) is 0 Å². The molecule has 5 heteroatoms. The van der Waals surface area contributed by atoms with E-state index in [1.807, 2.05) is 0 Å². The lowest BCUT2D eigenvalue weighted by atomic mass is 9.78. The fourth-order valence-electron chi connectivity index (χ4n) is 2.98. The molecule has 1 fully saturated rings. The fourth-order valence-corrected chi connectivity index (χ4v) is 3.21. The Bertz CT molecular complexity index is 450. The molecule has 1 aromatic heterocycles. The van der Waals surface area contributed by atoms with E-state index in [4.69, 9.17) is 16.3 Å². The van der Waals surface area contributed by atoms with E-state index in [2.05, 4.69) is 12.0 Å². The average molecular weight is 285 g/mol. The van der Waals surface area contributed by atoms with Gasteiger partial charge in [-0.1, -0.05) is 31.4 Å². The van der Waals surface area contributed by atoms with Gasteiger partial charge in [-0.2, -0.15) is 5.10 Å². The molecule has 0 amide bonds. The van der Waals surface area contributed by atoms with E-state index >= 15 is 0 Å². The number of methoxy groups -OCH3 is 1. The van der Waals surface area contributed by atoms with Crippen LogP contribution >= 0.6 is 11.6 Å². The number of nitrogens with zero attached hydrogens (tertiary/aromatic N) is 2. The van der Waals surface area contributed by atoms with Gasteiger partial charge in [0.1, 0.15) is 5.69 Å². The third-order valence-corrected chi connectivity index (χ3v) is 4.51. The van der Waals surface area contributed by atoms with Gasteiger partial charge in [-0.25, -0.2) is 0 Å². The highest BCUT2D eigenvalue weighted by Gasteiger charge is 2.41. The first-order valence-corrected chi connectivity index (χ1v) is 7.27. The van der Waals surface area contributed by atoms with Crippen molar-refractivity contribution in [3.05, 3.63) is 16.9 Å². The van der Waals surface area contributed by atoms with Crippen LogP contribution in [0.5, 0.6) is 0 Å². The number of carbonyl (C=O) groups excluding carboxylic acids is 1. The Morgan fingerprint density at radius 3 is 2.79 bits per heavy atom. The maximum Gasteiger partial charge on any atom is 0.188 e. The van der Waals surface area contributed by atoms with Crippen LogP contribution < -0.4 is 0 Å². The first-order valence-electron chi connectivity index (χ1n) is 6.89. The molecule has 1 aliphatic rings. The van der Waals surface area contributed by atoms with Crippen LogP contribution in [0.15, 0.2) is 6.20 Å². The van der Waals surface area contributed by atoms with E-state index in [1.54, 1.807) is 18.0 Å². The van der Waals surface area contributed by atoms with Gasteiger partial charge in [0.25, 0.3) is 0 Å². The number of rotatable bonds is 6. The van der Waals surface area contributed by atoms with Crippen LogP contribution in [0, 0.1) is 5.41 Å². The zero-order valence-corrected chi connectivity index (χ0v) is 12.4. The Hall–Kier alpha value is -0.870. The van der Waals surface area contributed by atoms with E-state index in [1.165, 1.54) is 0 Å². The number of halogens is 1. The second kappa shape index (κ2) is 6.06. The van der Waals surface area contributed by atoms with Gasteiger partial charge < -0.3 is 4.74 Å². The molecule has 1 aromatic rings. The van der Waals surface area contributed by atoms with E-state index < -0.39 is 0 Å². The lowest BCUT2D eigenvalue weighted by Gasteiger charge is -2.26. The van der Waals surface area contributed by atoms with Crippen molar-refractivity contribution in [2.45, 2.75) is 45.6 Å². The number of ether oxygens (including phenoxy) is 1. The standard InChI is InChI=1S/C14H21ClN2O2/c1-3-14(6-4-5-7-14)13(18)12-11(15)10-16-17(12)8-9-19-2/h10H,3-9H2,1-2H3. The van der Waals surface area contributed by atoms with Crippen LogP contribution in [-0.4, -0.2) is 29.3 Å². The molecule has 1 saturated carbocycles. The molecule has 0 atom stereocenters. The summed E-state index contributed by atoms with van der Waals surface area (Å²) >= 11 is 6.17. The van der Waals surface area contributed by atoms with Crippen LogP contribution in [-0.2, 0) is 11.3 Å². The monoisotopic (exact) mass is 284 g/mol. The molecule has 19 heavy (non-hydrogen) atoms. The lowest BCUT2D eigenvalue weighted by molar-refractivity contribution is 0.0776. The Morgan fingerprint density at radius 2 is 2.21 bits per heavy atom. The van der Waals surface area contributed by atoms with Crippen LogP contribution in [0.2, 0.25) is 5.02 Å². The molecule has 2 rings (SSSR count).